The van der Waals surface area contributed by atoms with Crippen molar-refractivity contribution in [3.05, 3.63) is 82.1 Å². The molecule has 0 aliphatic carbocycles. The quantitative estimate of drug-likeness (QED) is 0.320. The predicted molar refractivity (Wildman–Crippen MR) is 124 cm³/mol. The van der Waals surface area contributed by atoms with Gasteiger partial charge in [0.2, 0.25) is 5.91 Å². The molecule has 0 spiro atoms. The van der Waals surface area contributed by atoms with Crippen LogP contribution in [-0.4, -0.2) is 46.7 Å². The lowest BCUT2D eigenvalue weighted by atomic mass is 10.1. The first-order valence-electron chi connectivity index (χ1n) is 9.97. The first-order valence-corrected chi connectivity index (χ1v) is 11.2. The summed E-state index contributed by atoms with van der Waals surface area (Å²) in [5.41, 5.74) is 1.18. The third-order valence-electron chi connectivity index (χ3n) is 5.07. The predicted octanol–water partition coefficient (Wildman–Crippen LogP) is 3.93. The number of fused-ring (bicyclic) bond motifs is 1. The maximum absolute atomic E-state index is 13.5. The van der Waals surface area contributed by atoms with Crippen LogP contribution in [0, 0.1) is 0 Å². The lowest BCUT2D eigenvalue weighted by Gasteiger charge is -2.30. The molecule has 0 radical (unpaired) electrons. The van der Waals surface area contributed by atoms with Gasteiger partial charge >= 0.3 is 0 Å². The number of allylic oxidation sites excluding steroid dienone is 1. The highest BCUT2D eigenvalue weighted by atomic mass is 35.5. The summed E-state index contributed by atoms with van der Waals surface area (Å²) in [6, 6.07) is 14.6. The minimum Gasteiger partial charge on any atom is -0.378 e. The van der Waals surface area contributed by atoms with Crippen LogP contribution >= 0.6 is 23.4 Å². The van der Waals surface area contributed by atoms with Gasteiger partial charge in [-0.15, -0.1) is 6.58 Å². The topological polar surface area (TPSA) is 64.4 Å². The molecule has 160 valence electrons. The molecule has 4 rings (SSSR count). The number of halogens is 1. The number of carbonyl (C=O) groups excluding carboxylic acids is 1. The van der Waals surface area contributed by atoms with Crippen LogP contribution in [0.1, 0.15) is 10.8 Å². The Morgan fingerprint density at radius 2 is 1.97 bits per heavy atom. The minimum atomic E-state index is -0.543. The summed E-state index contributed by atoms with van der Waals surface area (Å²) in [6.07, 6.45) is 1.65. The Balaban J connectivity index is 1.80. The fraction of sp³-hybridized carbons (Fsp3) is 0.261. The Bertz CT molecular complexity index is 1160. The largest absolute Gasteiger partial charge is 0.378 e. The number of ether oxygens (including phenoxy) is 1. The fourth-order valence-corrected chi connectivity index (χ4v) is 4.85. The van der Waals surface area contributed by atoms with Crippen LogP contribution in [0.5, 0.6) is 0 Å². The van der Waals surface area contributed by atoms with E-state index in [-0.39, 0.29) is 11.5 Å². The third kappa shape index (κ3) is 4.69. The molecule has 1 atom stereocenters. The number of hydrogen-bond acceptors (Lipinski definition) is 5. The standard InChI is InChI=1S/C23H22ClN3O3S/c1-2-10-27-21(28)18-9-8-17(24)15-19(18)25-23(27)31-20(16-6-4-3-5-7-16)22(29)26-11-13-30-14-12-26/h2-9,15,20H,1,10-14H2/t20-/m1/s1. The van der Waals surface area contributed by atoms with Crippen molar-refractivity contribution in [1.82, 2.24) is 14.5 Å². The maximum atomic E-state index is 13.5. The average molecular weight is 456 g/mol. The molecule has 2 aromatic carbocycles. The zero-order valence-electron chi connectivity index (χ0n) is 16.9. The van der Waals surface area contributed by atoms with E-state index in [4.69, 9.17) is 21.3 Å². The highest BCUT2D eigenvalue weighted by Gasteiger charge is 2.30. The normalized spacial score (nSPS) is 15.1. The zero-order chi connectivity index (χ0) is 21.8. The summed E-state index contributed by atoms with van der Waals surface area (Å²) in [6.45, 7) is 6.19. The molecule has 0 bridgehead atoms. The molecule has 1 aromatic heterocycles. The van der Waals surface area contributed by atoms with Gasteiger partial charge in [-0.3, -0.25) is 14.2 Å². The van der Waals surface area contributed by atoms with E-state index in [1.165, 1.54) is 11.8 Å². The van der Waals surface area contributed by atoms with Crippen molar-refractivity contribution in [2.75, 3.05) is 26.3 Å². The van der Waals surface area contributed by atoms with Crippen molar-refractivity contribution in [3.8, 4) is 0 Å². The van der Waals surface area contributed by atoms with Crippen molar-refractivity contribution in [2.45, 2.75) is 17.0 Å². The van der Waals surface area contributed by atoms with Gasteiger partial charge in [0.25, 0.3) is 5.56 Å². The molecular weight excluding hydrogens is 434 g/mol. The van der Waals surface area contributed by atoms with Crippen molar-refractivity contribution in [3.63, 3.8) is 0 Å². The number of benzene rings is 2. The number of thioether (sulfide) groups is 1. The molecule has 0 N–H and O–H groups in total. The van der Waals surface area contributed by atoms with Gasteiger partial charge in [-0.05, 0) is 23.8 Å². The molecule has 0 saturated carbocycles. The molecule has 1 saturated heterocycles. The van der Waals surface area contributed by atoms with Crippen LogP contribution in [0.4, 0.5) is 0 Å². The Hall–Kier alpha value is -2.61. The van der Waals surface area contributed by atoms with Gasteiger partial charge in [-0.1, -0.05) is 59.8 Å². The van der Waals surface area contributed by atoms with Gasteiger partial charge < -0.3 is 9.64 Å². The molecule has 1 fully saturated rings. The Labute approximate surface area is 189 Å². The summed E-state index contributed by atoms with van der Waals surface area (Å²) < 4.78 is 6.95. The summed E-state index contributed by atoms with van der Waals surface area (Å²) in [5, 5.41) is 0.890. The van der Waals surface area contributed by atoms with Crippen molar-refractivity contribution >= 4 is 40.2 Å². The van der Waals surface area contributed by atoms with E-state index in [0.29, 0.717) is 53.9 Å². The monoisotopic (exact) mass is 455 g/mol. The molecule has 0 unspecified atom stereocenters. The molecule has 1 amide bonds. The first-order chi connectivity index (χ1) is 15.1. The molecule has 1 aliphatic heterocycles. The summed E-state index contributed by atoms with van der Waals surface area (Å²) >= 11 is 7.41. The summed E-state index contributed by atoms with van der Waals surface area (Å²) in [7, 11) is 0. The molecule has 6 nitrogen and oxygen atoms in total. The van der Waals surface area contributed by atoms with Gasteiger partial charge in [0, 0.05) is 24.7 Å². The molecule has 31 heavy (non-hydrogen) atoms. The minimum absolute atomic E-state index is 0.0231. The summed E-state index contributed by atoms with van der Waals surface area (Å²) in [5.74, 6) is -0.0231. The van der Waals surface area contributed by atoms with Crippen LogP contribution < -0.4 is 5.56 Å². The molecule has 8 heteroatoms. The summed E-state index contributed by atoms with van der Waals surface area (Å²) in [4.78, 5) is 33.1. The smallest absolute Gasteiger partial charge is 0.262 e. The highest BCUT2D eigenvalue weighted by Crippen LogP contribution is 2.36. The van der Waals surface area contributed by atoms with Crippen LogP contribution in [0.3, 0.4) is 0 Å². The number of carbonyl (C=O) groups is 1. The Morgan fingerprint density at radius 3 is 2.68 bits per heavy atom. The van der Waals surface area contributed by atoms with E-state index in [0.717, 1.165) is 5.56 Å². The van der Waals surface area contributed by atoms with E-state index < -0.39 is 5.25 Å². The number of rotatable bonds is 6. The van der Waals surface area contributed by atoms with E-state index in [2.05, 4.69) is 6.58 Å². The van der Waals surface area contributed by atoms with E-state index in [1.807, 2.05) is 35.2 Å². The Morgan fingerprint density at radius 1 is 1.23 bits per heavy atom. The third-order valence-corrected chi connectivity index (χ3v) is 6.53. The zero-order valence-corrected chi connectivity index (χ0v) is 18.4. The van der Waals surface area contributed by atoms with Crippen LogP contribution in [0.25, 0.3) is 10.9 Å². The van der Waals surface area contributed by atoms with Gasteiger partial charge in [-0.2, -0.15) is 0 Å². The van der Waals surface area contributed by atoms with Crippen molar-refractivity contribution in [2.24, 2.45) is 0 Å². The molecule has 2 heterocycles. The molecule has 3 aromatic rings. The highest BCUT2D eigenvalue weighted by molar-refractivity contribution is 8.00. The van der Waals surface area contributed by atoms with E-state index in [1.54, 1.807) is 28.8 Å². The van der Waals surface area contributed by atoms with Crippen molar-refractivity contribution < 1.29 is 9.53 Å². The van der Waals surface area contributed by atoms with Gasteiger partial charge in [0.15, 0.2) is 5.16 Å². The van der Waals surface area contributed by atoms with Gasteiger partial charge in [-0.25, -0.2) is 4.98 Å². The number of nitrogens with zero attached hydrogens (tertiary/aromatic N) is 3. The number of amides is 1. The van der Waals surface area contributed by atoms with Gasteiger partial charge in [0.05, 0.1) is 24.1 Å². The number of morpholine rings is 1. The second kappa shape index (κ2) is 9.68. The van der Waals surface area contributed by atoms with Crippen LogP contribution in [0.2, 0.25) is 5.02 Å². The lowest BCUT2D eigenvalue weighted by Crippen LogP contribution is -2.42. The van der Waals surface area contributed by atoms with Crippen LogP contribution in [-0.2, 0) is 16.1 Å². The number of hydrogen-bond donors (Lipinski definition) is 0. The van der Waals surface area contributed by atoms with Gasteiger partial charge in [0.1, 0.15) is 5.25 Å². The SMILES string of the molecule is C=CCn1c(S[C@@H](C(=O)N2CCOCC2)c2ccccc2)nc2cc(Cl)ccc2c1=O. The lowest BCUT2D eigenvalue weighted by molar-refractivity contribution is -0.134. The second-order valence-corrected chi connectivity index (χ2v) is 8.62. The average Bonchev–Trinajstić information content (AvgIpc) is 2.80. The molecule has 1 aliphatic rings. The molecular formula is C23H22ClN3O3S. The maximum Gasteiger partial charge on any atom is 0.262 e. The fourth-order valence-electron chi connectivity index (χ4n) is 3.50. The Kier molecular flexibility index (Phi) is 6.75. The van der Waals surface area contributed by atoms with E-state index in [9.17, 15) is 9.59 Å². The number of aromatic nitrogens is 2. The van der Waals surface area contributed by atoms with Crippen molar-refractivity contribution in [1.29, 1.82) is 0 Å². The first kappa shape index (κ1) is 21.6. The van der Waals surface area contributed by atoms with Crippen LogP contribution in [0.15, 0.2) is 71.1 Å². The second-order valence-electron chi connectivity index (χ2n) is 7.11. The van der Waals surface area contributed by atoms with E-state index >= 15 is 0 Å².